The van der Waals surface area contributed by atoms with Crippen LogP contribution in [0.5, 0.6) is 5.88 Å². The van der Waals surface area contributed by atoms with Crippen molar-refractivity contribution in [3.05, 3.63) is 46.5 Å². The Morgan fingerprint density at radius 1 is 1.20 bits per heavy atom. The highest BCUT2D eigenvalue weighted by atomic mass is 35.5. The number of halogens is 1. The van der Waals surface area contributed by atoms with Crippen LogP contribution in [0.1, 0.15) is 32.3 Å². The molecule has 3 heterocycles. The van der Waals surface area contributed by atoms with E-state index >= 15 is 0 Å². The fourth-order valence-corrected chi connectivity index (χ4v) is 7.15. The van der Waals surface area contributed by atoms with Crippen LogP contribution in [0.2, 0.25) is 5.02 Å². The van der Waals surface area contributed by atoms with Gasteiger partial charge in [-0.2, -0.15) is 0 Å². The molecule has 3 aliphatic rings. The number of ether oxygens (including phenoxy) is 2. The van der Waals surface area contributed by atoms with Gasteiger partial charge in [0.2, 0.25) is 15.9 Å². The van der Waals surface area contributed by atoms with Gasteiger partial charge in [-0.15, -0.1) is 0 Å². The summed E-state index contributed by atoms with van der Waals surface area (Å²) in [6.45, 7) is 13.7. The van der Waals surface area contributed by atoms with Gasteiger partial charge >= 0.3 is 0 Å². The van der Waals surface area contributed by atoms with Gasteiger partial charge < -0.3 is 14.8 Å². The number of nitrogens with zero attached hydrogens (tertiary/aromatic N) is 4. The van der Waals surface area contributed by atoms with E-state index in [1.807, 2.05) is 20.8 Å². The van der Waals surface area contributed by atoms with Crippen molar-refractivity contribution in [3.63, 3.8) is 0 Å². The topological polar surface area (TPSA) is 98.0 Å². The van der Waals surface area contributed by atoms with Gasteiger partial charge in [0, 0.05) is 24.9 Å². The summed E-state index contributed by atoms with van der Waals surface area (Å²) >= 11 is 6.33. The van der Waals surface area contributed by atoms with Crippen molar-refractivity contribution in [2.45, 2.75) is 57.2 Å². The molecule has 4 unspecified atom stereocenters. The molecule has 0 spiro atoms. The van der Waals surface area contributed by atoms with Crippen LogP contribution in [0.15, 0.2) is 24.5 Å². The molecule has 9 nitrogen and oxygen atoms in total. The van der Waals surface area contributed by atoms with E-state index in [2.05, 4.69) is 20.1 Å². The molecule has 0 radical (unpaired) electrons. The molecule has 1 saturated carbocycles. The molecule has 2 bridgehead atoms. The minimum absolute atomic E-state index is 0.111. The van der Waals surface area contributed by atoms with Crippen LogP contribution < -0.4 is 10.1 Å². The van der Waals surface area contributed by atoms with Gasteiger partial charge in [0.1, 0.15) is 18.2 Å². The van der Waals surface area contributed by atoms with E-state index in [4.69, 9.17) is 27.6 Å². The second kappa shape index (κ2) is 9.21. The molecule has 1 aromatic carbocycles. The number of benzene rings is 1. The lowest BCUT2D eigenvalue weighted by Gasteiger charge is -2.51. The largest absolute Gasteiger partial charge is 0.473 e. The Morgan fingerprint density at radius 3 is 2.49 bits per heavy atom. The monoisotopic (exact) mass is 517 g/mol. The second-order valence-electron chi connectivity index (χ2n) is 9.57. The predicted octanol–water partition coefficient (Wildman–Crippen LogP) is 4.33. The molecular weight excluding hydrogens is 490 g/mol. The SMILES string of the molecule is [C-]#[N+]c1ccc(Nc2ncnc(OC3C4CN(S(=O)(=O)C5CC5)CC3C(C)OC4C)c2C)c(Cl)c1. The maximum Gasteiger partial charge on any atom is 0.221 e. The Kier molecular flexibility index (Phi) is 6.38. The molecule has 186 valence electrons. The highest BCUT2D eigenvalue weighted by molar-refractivity contribution is 7.90. The van der Waals surface area contributed by atoms with E-state index < -0.39 is 10.0 Å². The van der Waals surface area contributed by atoms with Crippen LogP contribution in [0.3, 0.4) is 0 Å². The van der Waals surface area contributed by atoms with E-state index in [0.717, 1.165) is 12.8 Å². The molecule has 1 N–H and O–H groups in total. The van der Waals surface area contributed by atoms with Crippen LogP contribution in [-0.4, -0.2) is 59.3 Å². The van der Waals surface area contributed by atoms with Crippen LogP contribution >= 0.6 is 11.6 Å². The van der Waals surface area contributed by atoms with Gasteiger partial charge in [-0.05, 0) is 45.7 Å². The van der Waals surface area contributed by atoms with Gasteiger partial charge in [-0.25, -0.2) is 27.5 Å². The minimum atomic E-state index is -3.28. The summed E-state index contributed by atoms with van der Waals surface area (Å²) in [4.78, 5) is 12.1. The van der Waals surface area contributed by atoms with Crippen LogP contribution in [0.25, 0.3) is 4.85 Å². The average molecular weight is 518 g/mol. The predicted molar refractivity (Wildman–Crippen MR) is 133 cm³/mol. The highest BCUT2D eigenvalue weighted by Gasteiger charge is 2.53. The molecule has 3 fully saturated rings. The maximum absolute atomic E-state index is 13.0. The number of rotatable bonds is 6. The van der Waals surface area contributed by atoms with Gasteiger partial charge in [0.15, 0.2) is 5.69 Å². The summed E-state index contributed by atoms with van der Waals surface area (Å²) in [5.74, 6) is 0.764. The molecule has 2 saturated heterocycles. The molecule has 2 aliphatic heterocycles. The molecule has 11 heteroatoms. The molecule has 4 atom stereocenters. The van der Waals surface area contributed by atoms with Crippen molar-refractivity contribution in [1.82, 2.24) is 14.3 Å². The fourth-order valence-electron chi connectivity index (χ4n) is 5.01. The Morgan fingerprint density at radius 2 is 1.89 bits per heavy atom. The highest BCUT2D eigenvalue weighted by Crippen LogP contribution is 2.42. The first kappa shape index (κ1) is 24.3. The van der Waals surface area contributed by atoms with Crippen molar-refractivity contribution >= 4 is 38.8 Å². The summed E-state index contributed by atoms with van der Waals surface area (Å²) in [5, 5.41) is 3.38. The zero-order valence-corrected chi connectivity index (χ0v) is 21.4. The van der Waals surface area contributed by atoms with Crippen molar-refractivity contribution in [3.8, 4) is 5.88 Å². The first-order valence-corrected chi connectivity index (χ1v) is 13.6. The zero-order chi connectivity index (χ0) is 24.9. The number of sulfonamides is 1. The van der Waals surface area contributed by atoms with Gasteiger partial charge in [-0.1, -0.05) is 17.7 Å². The van der Waals surface area contributed by atoms with Crippen molar-refractivity contribution < 1.29 is 17.9 Å². The third-order valence-electron chi connectivity index (χ3n) is 7.23. The number of anilines is 2. The molecule has 5 rings (SSSR count). The van der Waals surface area contributed by atoms with E-state index in [-0.39, 0.29) is 35.4 Å². The fraction of sp³-hybridized carbons (Fsp3) is 0.542. The van der Waals surface area contributed by atoms with Gasteiger partial charge in [0.25, 0.3) is 0 Å². The Labute approximate surface area is 210 Å². The number of aromatic nitrogens is 2. The Hall–Kier alpha value is -2.45. The van der Waals surface area contributed by atoms with E-state index in [1.54, 1.807) is 22.5 Å². The Bertz CT molecular complexity index is 1260. The van der Waals surface area contributed by atoms with Crippen LogP contribution in [0.4, 0.5) is 17.2 Å². The smallest absolute Gasteiger partial charge is 0.221 e. The second-order valence-corrected chi connectivity index (χ2v) is 12.2. The number of nitrogens with one attached hydrogen (secondary N) is 1. The van der Waals surface area contributed by atoms with Crippen molar-refractivity contribution in [1.29, 1.82) is 0 Å². The van der Waals surface area contributed by atoms with Gasteiger partial charge in [0.05, 0.1) is 40.3 Å². The summed E-state index contributed by atoms with van der Waals surface area (Å²) < 4.78 is 40.3. The quantitative estimate of drug-likeness (QED) is 0.569. The molecule has 1 aromatic heterocycles. The van der Waals surface area contributed by atoms with Crippen molar-refractivity contribution in [2.75, 3.05) is 18.4 Å². The summed E-state index contributed by atoms with van der Waals surface area (Å²) in [6.07, 6.45) is 2.39. The average Bonchev–Trinajstić information content (AvgIpc) is 3.67. The lowest BCUT2D eigenvalue weighted by Crippen LogP contribution is -2.63. The molecule has 2 aromatic rings. The lowest BCUT2D eigenvalue weighted by molar-refractivity contribution is -0.174. The number of hydrogen-bond donors (Lipinski definition) is 1. The third kappa shape index (κ3) is 4.58. The number of hydrogen-bond acceptors (Lipinski definition) is 7. The molecular formula is C24H28ClN5O4S. The Balaban J connectivity index is 1.39. The normalized spacial score (nSPS) is 28.8. The minimum Gasteiger partial charge on any atom is -0.473 e. The van der Waals surface area contributed by atoms with E-state index in [9.17, 15) is 8.42 Å². The van der Waals surface area contributed by atoms with Crippen LogP contribution in [0, 0.1) is 25.3 Å². The zero-order valence-electron chi connectivity index (χ0n) is 19.8. The van der Waals surface area contributed by atoms with Crippen molar-refractivity contribution in [2.24, 2.45) is 11.8 Å². The standard InChI is InChI=1S/C24H28ClN5O4S/c1-13-23(29-21-8-5-16(26-4)9-20(21)25)27-12-28-24(13)34-22-18-10-30(35(31,32)17-6-7-17)11-19(22)15(3)33-14(18)2/h5,8-9,12,14-15,17-19,22H,6-7,10-11H2,1-3H3,(H,27,28,29). The van der Waals surface area contributed by atoms with E-state index in [1.165, 1.54) is 6.33 Å². The van der Waals surface area contributed by atoms with Gasteiger partial charge in [-0.3, -0.25) is 0 Å². The molecule has 1 aliphatic carbocycles. The summed E-state index contributed by atoms with van der Waals surface area (Å²) in [5.41, 5.74) is 1.79. The maximum atomic E-state index is 13.0. The first-order chi connectivity index (χ1) is 16.7. The van der Waals surface area contributed by atoms with E-state index in [0.29, 0.717) is 46.7 Å². The summed E-state index contributed by atoms with van der Waals surface area (Å²) in [6, 6.07) is 5.01. The first-order valence-electron chi connectivity index (χ1n) is 11.8. The summed E-state index contributed by atoms with van der Waals surface area (Å²) in [7, 11) is -3.28. The number of piperidine rings is 1. The van der Waals surface area contributed by atoms with Crippen LogP contribution in [-0.2, 0) is 14.8 Å². The molecule has 35 heavy (non-hydrogen) atoms. The lowest BCUT2D eigenvalue weighted by atomic mass is 9.78. The molecule has 0 amide bonds. The number of fused-ring (bicyclic) bond motifs is 2. The third-order valence-corrected chi connectivity index (χ3v) is 9.88.